The number of hydrogen-bond acceptors (Lipinski definition) is 2. The Kier molecular flexibility index (Phi) is 8.23. The van der Waals surface area contributed by atoms with Gasteiger partial charge in [-0.3, -0.25) is 0 Å². The monoisotopic (exact) mass is 326 g/mol. The van der Waals surface area contributed by atoms with Crippen LogP contribution in [0.4, 0.5) is 0 Å². The van der Waals surface area contributed by atoms with Crippen LogP contribution in [0.2, 0.25) is 0 Å². The van der Waals surface area contributed by atoms with Gasteiger partial charge in [-0.15, -0.1) is 0 Å². The normalized spacial score (nSPS) is 10.8. The van der Waals surface area contributed by atoms with Gasteiger partial charge in [-0.2, -0.15) is 0 Å². The standard InChI is InChI=1S/C22H30O2/c23-21-17-11-9-15-19(21)13-7-5-3-1-2-4-6-8-14-20-16-10-12-18-22(20)24/h9-12,15-18,23-24H,1-8,13-14H2. The summed E-state index contributed by atoms with van der Waals surface area (Å²) in [4.78, 5) is 0. The predicted octanol–water partition coefficient (Wildman–Crippen LogP) is 6.00. The molecule has 0 bridgehead atoms. The second-order valence-corrected chi connectivity index (χ2v) is 6.59. The quantitative estimate of drug-likeness (QED) is 0.497. The van der Waals surface area contributed by atoms with Crippen molar-refractivity contribution < 1.29 is 10.2 Å². The van der Waals surface area contributed by atoms with Gasteiger partial charge in [0.05, 0.1) is 0 Å². The fourth-order valence-corrected chi connectivity index (χ4v) is 3.14. The Balaban J connectivity index is 1.43. The molecule has 0 unspecified atom stereocenters. The van der Waals surface area contributed by atoms with Crippen molar-refractivity contribution in [1.82, 2.24) is 0 Å². The van der Waals surface area contributed by atoms with Crippen molar-refractivity contribution in [2.75, 3.05) is 0 Å². The van der Waals surface area contributed by atoms with Gasteiger partial charge < -0.3 is 10.2 Å². The topological polar surface area (TPSA) is 40.5 Å². The van der Waals surface area contributed by atoms with Crippen LogP contribution < -0.4 is 0 Å². The van der Waals surface area contributed by atoms with Crippen LogP contribution in [0.1, 0.15) is 62.5 Å². The average molecular weight is 326 g/mol. The SMILES string of the molecule is Oc1ccccc1CCCCCCCCCCc1ccccc1O. The van der Waals surface area contributed by atoms with E-state index >= 15 is 0 Å². The van der Waals surface area contributed by atoms with Crippen LogP contribution in [0.5, 0.6) is 11.5 Å². The third kappa shape index (κ3) is 6.66. The molecule has 0 aliphatic rings. The molecule has 2 heteroatoms. The van der Waals surface area contributed by atoms with Crippen molar-refractivity contribution in [2.45, 2.75) is 64.2 Å². The first-order valence-corrected chi connectivity index (χ1v) is 9.31. The third-order valence-electron chi connectivity index (χ3n) is 4.63. The van der Waals surface area contributed by atoms with Crippen molar-refractivity contribution in [1.29, 1.82) is 0 Å². The van der Waals surface area contributed by atoms with E-state index in [9.17, 15) is 10.2 Å². The molecule has 24 heavy (non-hydrogen) atoms. The minimum atomic E-state index is 0.432. The van der Waals surface area contributed by atoms with Crippen LogP contribution in [-0.4, -0.2) is 10.2 Å². The fraction of sp³-hybridized carbons (Fsp3) is 0.455. The van der Waals surface area contributed by atoms with Crippen LogP contribution >= 0.6 is 0 Å². The van der Waals surface area contributed by atoms with E-state index in [4.69, 9.17) is 0 Å². The van der Waals surface area contributed by atoms with Gasteiger partial charge in [0, 0.05) is 0 Å². The molecule has 0 saturated heterocycles. The van der Waals surface area contributed by atoms with E-state index in [0.29, 0.717) is 11.5 Å². The average Bonchev–Trinajstić information content (AvgIpc) is 2.59. The summed E-state index contributed by atoms with van der Waals surface area (Å²) in [6.07, 6.45) is 11.9. The first-order chi connectivity index (χ1) is 11.8. The lowest BCUT2D eigenvalue weighted by molar-refractivity contribution is 0.464. The van der Waals surface area contributed by atoms with Gasteiger partial charge in [-0.05, 0) is 48.9 Å². The number of aryl methyl sites for hydroxylation is 2. The highest BCUT2D eigenvalue weighted by molar-refractivity contribution is 5.32. The summed E-state index contributed by atoms with van der Waals surface area (Å²) in [6, 6.07) is 15.3. The lowest BCUT2D eigenvalue weighted by Crippen LogP contribution is -1.88. The van der Waals surface area contributed by atoms with Gasteiger partial charge in [0.1, 0.15) is 11.5 Å². The Labute approximate surface area is 146 Å². The molecule has 0 fully saturated rings. The van der Waals surface area contributed by atoms with E-state index in [1.807, 2.05) is 36.4 Å². The summed E-state index contributed by atoms with van der Waals surface area (Å²) in [7, 11) is 0. The zero-order valence-corrected chi connectivity index (χ0v) is 14.6. The Morgan fingerprint density at radius 2 is 0.792 bits per heavy atom. The second-order valence-electron chi connectivity index (χ2n) is 6.59. The molecule has 2 aromatic rings. The van der Waals surface area contributed by atoms with Crippen LogP contribution in [0, 0.1) is 0 Å². The van der Waals surface area contributed by atoms with E-state index in [-0.39, 0.29) is 0 Å². The molecular formula is C22H30O2. The Hall–Kier alpha value is -1.96. The van der Waals surface area contributed by atoms with Crippen LogP contribution in [0.3, 0.4) is 0 Å². The maximum Gasteiger partial charge on any atom is 0.118 e. The highest BCUT2D eigenvalue weighted by Crippen LogP contribution is 2.20. The number of aromatic hydroxyl groups is 2. The summed E-state index contributed by atoms with van der Waals surface area (Å²) >= 11 is 0. The van der Waals surface area contributed by atoms with E-state index in [2.05, 4.69) is 0 Å². The predicted molar refractivity (Wildman–Crippen MR) is 101 cm³/mol. The number of benzene rings is 2. The van der Waals surface area contributed by atoms with Gasteiger partial charge in [-0.25, -0.2) is 0 Å². The molecule has 0 aromatic heterocycles. The molecule has 130 valence electrons. The minimum Gasteiger partial charge on any atom is -0.508 e. The molecule has 0 atom stereocenters. The van der Waals surface area contributed by atoms with Crippen LogP contribution in [-0.2, 0) is 12.8 Å². The largest absolute Gasteiger partial charge is 0.508 e. The zero-order chi connectivity index (χ0) is 17.0. The van der Waals surface area contributed by atoms with Crippen molar-refractivity contribution in [3.05, 3.63) is 59.7 Å². The number of phenols is 2. The van der Waals surface area contributed by atoms with Crippen LogP contribution in [0.15, 0.2) is 48.5 Å². The van der Waals surface area contributed by atoms with E-state index in [1.54, 1.807) is 12.1 Å². The molecule has 2 nitrogen and oxygen atoms in total. The van der Waals surface area contributed by atoms with E-state index in [0.717, 1.165) is 36.8 Å². The summed E-state index contributed by atoms with van der Waals surface area (Å²) < 4.78 is 0. The highest BCUT2D eigenvalue weighted by atomic mass is 16.3. The van der Waals surface area contributed by atoms with Crippen molar-refractivity contribution in [3.8, 4) is 11.5 Å². The lowest BCUT2D eigenvalue weighted by Gasteiger charge is -2.05. The molecule has 2 rings (SSSR count). The lowest BCUT2D eigenvalue weighted by atomic mass is 10.0. The van der Waals surface area contributed by atoms with Gasteiger partial charge in [0.15, 0.2) is 0 Å². The van der Waals surface area contributed by atoms with Crippen molar-refractivity contribution in [3.63, 3.8) is 0 Å². The summed E-state index contributed by atoms with van der Waals surface area (Å²) in [5.41, 5.74) is 2.14. The molecular weight excluding hydrogens is 296 g/mol. The molecule has 0 amide bonds. The maximum absolute atomic E-state index is 9.72. The molecule has 0 saturated carbocycles. The number of phenolic OH excluding ortho intramolecular Hbond substituents is 2. The third-order valence-corrected chi connectivity index (χ3v) is 4.63. The molecule has 0 spiro atoms. The van der Waals surface area contributed by atoms with E-state index in [1.165, 1.54) is 38.5 Å². The number of rotatable bonds is 11. The number of unbranched alkanes of at least 4 members (excludes halogenated alkanes) is 7. The van der Waals surface area contributed by atoms with Crippen molar-refractivity contribution in [2.24, 2.45) is 0 Å². The Morgan fingerprint density at radius 3 is 1.17 bits per heavy atom. The maximum atomic E-state index is 9.72. The second kappa shape index (κ2) is 10.7. The Bertz CT molecular complexity index is 539. The highest BCUT2D eigenvalue weighted by Gasteiger charge is 2.00. The van der Waals surface area contributed by atoms with Gasteiger partial charge in [0.2, 0.25) is 0 Å². The Morgan fingerprint density at radius 1 is 0.458 bits per heavy atom. The number of para-hydroxylation sites is 2. The smallest absolute Gasteiger partial charge is 0.118 e. The van der Waals surface area contributed by atoms with E-state index < -0.39 is 0 Å². The fourth-order valence-electron chi connectivity index (χ4n) is 3.14. The first kappa shape index (κ1) is 18.4. The van der Waals surface area contributed by atoms with Crippen LogP contribution in [0.25, 0.3) is 0 Å². The zero-order valence-electron chi connectivity index (χ0n) is 14.6. The molecule has 0 radical (unpaired) electrons. The first-order valence-electron chi connectivity index (χ1n) is 9.31. The molecule has 2 aromatic carbocycles. The molecule has 0 heterocycles. The molecule has 0 aliphatic heterocycles. The summed E-state index contributed by atoms with van der Waals surface area (Å²) in [6.45, 7) is 0. The minimum absolute atomic E-state index is 0.432. The number of hydrogen-bond donors (Lipinski definition) is 2. The van der Waals surface area contributed by atoms with Gasteiger partial charge >= 0.3 is 0 Å². The van der Waals surface area contributed by atoms with Gasteiger partial charge in [-0.1, -0.05) is 74.9 Å². The van der Waals surface area contributed by atoms with Gasteiger partial charge in [0.25, 0.3) is 0 Å². The summed E-state index contributed by atoms with van der Waals surface area (Å²) in [5, 5.41) is 19.4. The van der Waals surface area contributed by atoms with Crippen molar-refractivity contribution >= 4 is 0 Å². The summed E-state index contributed by atoms with van der Waals surface area (Å²) in [5.74, 6) is 0.865. The molecule has 0 aliphatic carbocycles. The molecule has 2 N–H and O–H groups in total.